The standard InChI is InChI=1S/C9H11Br2FN2/c1-2-14(4-3-10)9-8(12)5-7(11)6-13-9/h5-6H,2-4H2,1H3. The lowest BCUT2D eigenvalue weighted by Crippen LogP contribution is -2.26. The van der Waals surface area contributed by atoms with Crippen LogP contribution in [-0.4, -0.2) is 23.4 Å². The van der Waals surface area contributed by atoms with Gasteiger partial charge < -0.3 is 4.90 Å². The van der Waals surface area contributed by atoms with Crippen LogP contribution in [0.2, 0.25) is 0 Å². The van der Waals surface area contributed by atoms with Crippen molar-refractivity contribution in [1.29, 1.82) is 0 Å². The average Bonchev–Trinajstić information content (AvgIpc) is 2.15. The predicted molar refractivity (Wildman–Crippen MR) is 63.6 cm³/mol. The van der Waals surface area contributed by atoms with E-state index in [0.717, 1.165) is 18.4 Å². The molecular weight excluding hydrogens is 315 g/mol. The number of halogens is 3. The van der Waals surface area contributed by atoms with Crippen molar-refractivity contribution in [3.05, 3.63) is 22.6 Å². The summed E-state index contributed by atoms with van der Waals surface area (Å²) >= 11 is 6.50. The zero-order valence-corrected chi connectivity index (χ0v) is 11.0. The van der Waals surface area contributed by atoms with Crippen molar-refractivity contribution in [2.24, 2.45) is 0 Å². The van der Waals surface area contributed by atoms with E-state index in [1.807, 2.05) is 11.8 Å². The van der Waals surface area contributed by atoms with E-state index in [4.69, 9.17) is 0 Å². The van der Waals surface area contributed by atoms with Gasteiger partial charge in [0, 0.05) is 29.1 Å². The van der Waals surface area contributed by atoms with Crippen molar-refractivity contribution in [2.75, 3.05) is 23.3 Å². The first kappa shape index (κ1) is 11.9. The highest BCUT2D eigenvalue weighted by atomic mass is 79.9. The van der Waals surface area contributed by atoms with Gasteiger partial charge in [-0.25, -0.2) is 9.37 Å². The Morgan fingerprint density at radius 3 is 2.79 bits per heavy atom. The highest BCUT2D eigenvalue weighted by Gasteiger charge is 2.10. The number of rotatable bonds is 4. The van der Waals surface area contributed by atoms with Gasteiger partial charge in [-0.05, 0) is 28.9 Å². The Hall–Kier alpha value is -0.160. The van der Waals surface area contributed by atoms with Crippen LogP contribution in [0, 0.1) is 5.82 Å². The van der Waals surface area contributed by atoms with Gasteiger partial charge in [-0.1, -0.05) is 15.9 Å². The maximum Gasteiger partial charge on any atom is 0.166 e. The molecule has 0 aliphatic rings. The molecule has 1 heterocycles. The molecule has 0 saturated heterocycles. The van der Waals surface area contributed by atoms with Crippen LogP contribution in [0.1, 0.15) is 6.92 Å². The number of pyridine rings is 1. The summed E-state index contributed by atoms with van der Waals surface area (Å²) < 4.78 is 14.1. The van der Waals surface area contributed by atoms with E-state index < -0.39 is 0 Å². The second-order valence-electron chi connectivity index (χ2n) is 2.73. The van der Waals surface area contributed by atoms with Crippen molar-refractivity contribution < 1.29 is 4.39 Å². The molecule has 0 saturated carbocycles. The summed E-state index contributed by atoms with van der Waals surface area (Å²) in [6.07, 6.45) is 1.61. The molecule has 1 aromatic rings. The Labute approximate surface area is 99.8 Å². The molecule has 0 unspecified atom stereocenters. The number of anilines is 1. The Morgan fingerprint density at radius 2 is 2.29 bits per heavy atom. The molecule has 0 atom stereocenters. The van der Waals surface area contributed by atoms with Gasteiger partial charge >= 0.3 is 0 Å². The van der Waals surface area contributed by atoms with E-state index in [2.05, 4.69) is 36.8 Å². The second-order valence-corrected chi connectivity index (χ2v) is 4.44. The molecule has 0 aliphatic heterocycles. The van der Waals surface area contributed by atoms with E-state index in [9.17, 15) is 4.39 Å². The minimum absolute atomic E-state index is 0.290. The lowest BCUT2D eigenvalue weighted by Gasteiger charge is -2.20. The van der Waals surface area contributed by atoms with Gasteiger partial charge in [0.15, 0.2) is 11.6 Å². The molecule has 78 valence electrons. The molecule has 1 aromatic heterocycles. The van der Waals surface area contributed by atoms with Crippen LogP contribution < -0.4 is 4.90 Å². The first-order valence-corrected chi connectivity index (χ1v) is 6.22. The summed E-state index contributed by atoms with van der Waals surface area (Å²) in [5.41, 5.74) is 0. The average molecular weight is 326 g/mol. The van der Waals surface area contributed by atoms with Gasteiger partial charge in [0.05, 0.1) is 0 Å². The molecule has 5 heteroatoms. The maximum absolute atomic E-state index is 13.5. The summed E-state index contributed by atoms with van der Waals surface area (Å²) in [5, 5.41) is 0.804. The van der Waals surface area contributed by atoms with Crippen molar-refractivity contribution in [1.82, 2.24) is 4.98 Å². The minimum Gasteiger partial charge on any atom is -0.354 e. The minimum atomic E-state index is -0.290. The fraction of sp³-hybridized carbons (Fsp3) is 0.444. The topological polar surface area (TPSA) is 16.1 Å². The molecule has 14 heavy (non-hydrogen) atoms. The predicted octanol–water partition coefficient (Wildman–Crippen LogP) is 3.20. The SMILES string of the molecule is CCN(CCBr)c1ncc(Br)cc1F. The van der Waals surface area contributed by atoms with Gasteiger partial charge in [-0.2, -0.15) is 0 Å². The smallest absolute Gasteiger partial charge is 0.166 e. The lowest BCUT2D eigenvalue weighted by atomic mass is 10.4. The van der Waals surface area contributed by atoms with Gasteiger partial charge in [0.1, 0.15) is 0 Å². The van der Waals surface area contributed by atoms with Gasteiger partial charge in [-0.3, -0.25) is 0 Å². The molecule has 0 bridgehead atoms. The summed E-state index contributed by atoms with van der Waals surface area (Å²) in [6.45, 7) is 3.48. The van der Waals surface area contributed by atoms with E-state index in [0.29, 0.717) is 10.3 Å². The van der Waals surface area contributed by atoms with Crippen LogP contribution in [0.5, 0.6) is 0 Å². The van der Waals surface area contributed by atoms with Gasteiger partial charge in [-0.15, -0.1) is 0 Å². The van der Waals surface area contributed by atoms with Crippen molar-refractivity contribution in [2.45, 2.75) is 6.92 Å². The van der Waals surface area contributed by atoms with Crippen LogP contribution in [0.25, 0.3) is 0 Å². The third kappa shape index (κ3) is 2.92. The molecule has 2 nitrogen and oxygen atoms in total. The molecular formula is C9H11Br2FN2. The van der Waals surface area contributed by atoms with Gasteiger partial charge in [0.2, 0.25) is 0 Å². The first-order chi connectivity index (χ1) is 6.69. The normalized spacial score (nSPS) is 10.3. The Kier molecular flexibility index (Phi) is 4.81. The van der Waals surface area contributed by atoms with E-state index in [1.165, 1.54) is 6.07 Å². The first-order valence-electron chi connectivity index (χ1n) is 4.31. The number of alkyl halides is 1. The number of hydrogen-bond acceptors (Lipinski definition) is 2. The van der Waals surface area contributed by atoms with Crippen molar-refractivity contribution in [3.8, 4) is 0 Å². The monoisotopic (exact) mass is 324 g/mol. The summed E-state index contributed by atoms with van der Waals surface area (Å²) in [6, 6.07) is 1.43. The molecule has 0 aromatic carbocycles. The van der Waals surface area contributed by atoms with E-state index >= 15 is 0 Å². The highest BCUT2D eigenvalue weighted by Crippen LogP contribution is 2.19. The molecule has 0 radical (unpaired) electrons. The Morgan fingerprint density at radius 1 is 1.57 bits per heavy atom. The number of hydrogen-bond donors (Lipinski definition) is 0. The Balaban J connectivity index is 2.92. The van der Waals surface area contributed by atoms with Crippen LogP contribution >= 0.6 is 31.9 Å². The molecule has 0 aliphatic carbocycles. The van der Waals surface area contributed by atoms with Crippen LogP contribution in [0.4, 0.5) is 10.2 Å². The third-order valence-corrected chi connectivity index (χ3v) is 2.61. The quantitative estimate of drug-likeness (QED) is 0.790. The van der Waals surface area contributed by atoms with Crippen molar-refractivity contribution in [3.63, 3.8) is 0 Å². The molecule has 1 rings (SSSR count). The maximum atomic E-state index is 13.5. The fourth-order valence-corrected chi connectivity index (χ4v) is 1.89. The molecule has 0 amide bonds. The molecule has 0 fully saturated rings. The third-order valence-electron chi connectivity index (χ3n) is 1.82. The van der Waals surface area contributed by atoms with Crippen LogP contribution in [-0.2, 0) is 0 Å². The van der Waals surface area contributed by atoms with Crippen LogP contribution in [0.3, 0.4) is 0 Å². The second kappa shape index (κ2) is 5.66. The van der Waals surface area contributed by atoms with E-state index in [-0.39, 0.29) is 5.82 Å². The van der Waals surface area contributed by atoms with Crippen molar-refractivity contribution >= 4 is 37.7 Å². The largest absolute Gasteiger partial charge is 0.354 e. The van der Waals surface area contributed by atoms with E-state index in [1.54, 1.807) is 6.20 Å². The molecule has 0 spiro atoms. The zero-order valence-electron chi connectivity index (χ0n) is 7.80. The summed E-state index contributed by atoms with van der Waals surface area (Å²) in [5.74, 6) is 0.123. The molecule has 0 N–H and O–H groups in total. The number of aromatic nitrogens is 1. The fourth-order valence-electron chi connectivity index (χ4n) is 1.16. The van der Waals surface area contributed by atoms with Crippen LogP contribution in [0.15, 0.2) is 16.7 Å². The Bertz CT molecular complexity index is 307. The lowest BCUT2D eigenvalue weighted by molar-refractivity contribution is 0.611. The number of nitrogens with zero attached hydrogens (tertiary/aromatic N) is 2. The summed E-state index contributed by atoms with van der Waals surface area (Å²) in [4.78, 5) is 5.94. The summed E-state index contributed by atoms with van der Waals surface area (Å²) in [7, 11) is 0. The van der Waals surface area contributed by atoms with Gasteiger partial charge in [0.25, 0.3) is 0 Å². The highest BCUT2D eigenvalue weighted by molar-refractivity contribution is 9.10. The zero-order chi connectivity index (χ0) is 10.6.